The SMILES string of the molecule is CCOC1CN(SC)C1. The molecule has 0 saturated carbocycles. The molecule has 0 atom stereocenters. The number of hydrogen-bond donors (Lipinski definition) is 0. The monoisotopic (exact) mass is 147 g/mol. The average molecular weight is 147 g/mol. The van der Waals surface area contributed by atoms with Crippen molar-refractivity contribution in [1.82, 2.24) is 4.31 Å². The third kappa shape index (κ3) is 1.85. The standard InChI is InChI=1S/C6H13NOS/c1-3-8-6-4-7(5-6)9-2/h6H,3-5H2,1-2H3. The highest BCUT2D eigenvalue weighted by atomic mass is 32.2. The van der Waals surface area contributed by atoms with Crippen LogP contribution in [0.2, 0.25) is 0 Å². The normalized spacial score (nSPS) is 22.0. The molecule has 54 valence electrons. The van der Waals surface area contributed by atoms with Gasteiger partial charge in [0.15, 0.2) is 0 Å². The molecule has 1 aliphatic heterocycles. The zero-order valence-electron chi connectivity index (χ0n) is 5.96. The topological polar surface area (TPSA) is 12.5 Å². The Bertz CT molecular complexity index is 83.1. The van der Waals surface area contributed by atoms with E-state index in [0.717, 1.165) is 19.7 Å². The van der Waals surface area contributed by atoms with E-state index in [1.54, 1.807) is 11.9 Å². The molecule has 1 heterocycles. The predicted molar refractivity (Wildman–Crippen MR) is 40.5 cm³/mol. The zero-order valence-corrected chi connectivity index (χ0v) is 6.78. The number of rotatable bonds is 3. The average Bonchev–Trinajstić information content (AvgIpc) is 1.77. The van der Waals surface area contributed by atoms with Crippen molar-refractivity contribution in [3.8, 4) is 0 Å². The zero-order chi connectivity index (χ0) is 6.69. The molecule has 3 heteroatoms. The molecule has 0 radical (unpaired) electrons. The molecule has 0 aromatic heterocycles. The van der Waals surface area contributed by atoms with Gasteiger partial charge >= 0.3 is 0 Å². The third-order valence-corrected chi connectivity index (χ3v) is 2.29. The molecule has 1 saturated heterocycles. The van der Waals surface area contributed by atoms with Crippen LogP contribution in [-0.4, -0.2) is 36.4 Å². The summed E-state index contributed by atoms with van der Waals surface area (Å²) in [5.74, 6) is 0. The van der Waals surface area contributed by atoms with Gasteiger partial charge in [0.05, 0.1) is 6.10 Å². The van der Waals surface area contributed by atoms with Crippen LogP contribution in [0.3, 0.4) is 0 Å². The van der Waals surface area contributed by atoms with E-state index in [-0.39, 0.29) is 0 Å². The molecular weight excluding hydrogens is 134 g/mol. The van der Waals surface area contributed by atoms with Crippen LogP contribution in [-0.2, 0) is 4.74 Å². The van der Waals surface area contributed by atoms with Gasteiger partial charge in [-0.3, -0.25) is 0 Å². The molecule has 0 spiro atoms. The molecule has 0 aliphatic carbocycles. The fraction of sp³-hybridized carbons (Fsp3) is 1.00. The quantitative estimate of drug-likeness (QED) is 0.552. The first-order chi connectivity index (χ1) is 4.36. The highest BCUT2D eigenvalue weighted by molar-refractivity contribution is 7.96. The summed E-state index contributed by atoms with van der Waals surface area (Å²) in [4.78, 5) is 0. The Balaban J connectivity index is 1.98. The van der Waals surface area contributed by atoms with E-state index in [1.165, 1.54) is 0 Å². The van der Waals surface area contributed by atoms with Crippen molar-refractivity contribution in [2.45, 2.75) is 13.0 Å². The minimum Gasteiger partial charge on any atom is -0.376 e. The van der Waals surface area contributed by atoms with Gasteiger partial charge in [0.2, 0.25) is 0 Å². The molecular formula is C6H13NOS. The van der Waals surface area contributed by atoms with Crippen LogP contribution in [0.1, 0.15) is 6.92 Å². The Morgan fingerprint density at radius 2 is 2.33 bits per heavy atom. The maximum absolute atomic E-state index is 5.35. The molecule has 0 N–H and O–H groups in total. The molecule has 1 fully saturated rings. The smallest absolute Gasteiger partial charge is 0.0847 e. The Morgan fingerprint density at radius 1 is 1.67 bits per heavy atom. The largest absolute Gasteiger partial charge is 0.376 e. The summed E-state index contributed by atoms with van der Waals surface area (Å²) in [6, 6.07) is 0. The lowest BCUT2D eigenvalue weighted by atomic mass is 10.2. The van der Waals surface area contributed by atoms with Crippen molar-refractivity contribution in [3.63, 3.8) is 0 Å². The summed E-state index contributed by atoms with van der Waals surface area (Å²) >= 11 is 1.79. The Morgan fingerprint density at radius 3 is 2.78 bits per heavy atom. The first-order valence-electron chi connectivity index (χ1n) is 3.27. The van der Waals surface area contributed by atoms with Crippen molar-refractivity contribution in [3.05, 3.63) is 0 Å². The van der Waals surface area contributed by atoms with Gasteiger partial charge in [-0.1, -0.05) is 11.9 Å². The fourth-order valence-corrected chi connectivity index (χ4v) is 1.52. The molecule has 0 aromatic rings. The minimum atomic E-state index is 0.516. The van der Waals surface area contributed by atoms with Gasteiger partial charge in [0, 0.05) is 19.7 Å². The lowest BCUT2D eigenvalue weighted by Crippen LogP contribution is -2.47. The van der Waals surface area contributed by atoms with Crippen molar-refractivity contribution < 1.29 is 4.74 Å². The van der Waals surface area contributed by atoms with Gasteiger partial charge in [-0.15, -0.1) is 0 Å². The van der Waals surface area contributed by atoms with E-state index in [4.69, 9.17) is 4.74 Å². The van der Waals surface area contributed by atoms with Crippen LogP contribution in [0.25, 0.3) is 0 Å². The molecule has 2 nitrogen and oxygen atoms in total. The lowest BCUT2D eigenvalue weighted by Gasteiger charge is -2.36. The maximum atomic E-state index is 5.35. The fourth-order valence-electron chi connectivity index (χ4n) is 0.891. The predicted octanol–water partition coefficient (Wildman–Crippen LogP) is 0.985. The van der Waals surface area contributed by atoms with Gasteiger partial charge in [-0.05, 0) is 13.2 Å². The van der Waals surface area contributed by atoms with E-state index < -0.39 is 0 Å². The van der Waals surface area contributed by atoms with Crippen LogP contribution in [0.5, 0.6) is 0 Å². The van der Waals surface area contributed by atoms with Crippen LogP contribution < -0.4 is 0 Å². The van der Waals surface area contributed by atoms with Gasteiger partial charge in [0.1, 0.15) is 0 Å². The Hall–Kier alpha value is 0.270. The summed E-state index contributed by atoms with van der Waals surface area (Å²) in [6.45, 7) is 5.11. The van der Waals surface area contributed by atoms with E-state index in [2.05, 4.69) is 10.6 Å². The highest BCUT2D eigenvalue weighted by Gasteiger charge is 2.25. The van der Waals surface area contributed by atoms with Crippen LogP contribution >= 0.6 is 11.9 Å². The van der Waals surface area contributed by atoms with Gasteiger partial charge in [0.25, 0.3) is 0 Å². The number of ether oxygens (including phenoxy) is 1. The molecule has 1 aliphatic rings. The van der Waals surface area contributed by atoms with Crippen molar-refractivity contribution >= 4 is 11.9 Å². The maximum Gasteiger partial charge on any atom is 0.0847 e. The van der Waals surface area contributed by atoms with Crippen molar-refractivity contribution in [1.29, 1.82) is 0 Å². The summed E-state index contributed by atoms with van der Waals surface area (Å²) in [5.41, 5.74) is 0. The summed E-state index contributed by atoms with van der Waals surface area (Å²) in [6.07, 6.45) is 2.62. The molecule has 0 bridgehead atoms. The van der Waals surface area contributed by atoms with Crippen molar-refractivity contribution in [2.24, 2.45) is 0 Å². The summed E-state index contributed by atoms with van der Waals surface area (Å²) in [7, 11) is 0. The van der Waals surface area contributed by atoms with Gasteiger partial charge in [-0.2, -0.15) is 0 Å². The van der Waals surface area contributed by atoms with Crippen molar-refractivity contribution in [2.75, 3.05) is 26.0 Å². The van der Waals surface area contributed by atoms with E-state index >= 15 is 0 Å². The Labute approximate surface area is 60.7 Å². The van der Waals surface area contributed by atoms with Crippen LogP contribution in [0, 0.1) is 0 Å². The summed E-state index contributed by atoms with van der Waals surface area (Å²) < 4.78 is 7.65. The van der Waals surface area contributed by atoms with Gasteiger partial charge in [-0.25, -0.2) is 4.31 Å². The first kappa shape index (κ1) is 7.38. The van der Waals surface area contributed by atoms with E-state index in [1.807, 2.05) is 6.92 Å². The minimum absolute atomic E-state index is 0.516. The number of hydrogen-bond acceptors (Lipinski definition) is 3. The third-order valence-electron chi connectivity index (χ3n) is 1.48. The molecule has 9 heavy (non-hydrogen) atoms. The van der Waals surface area contributed by atoms with Crippen LogP contribution in [0.4, 0.5) is 0 Å². The molecule has 0 unspecified atom stereocenters. The highest BCUT2D eigenvalue weighted by Crippen LogP contribution is 2.18. The van der Waals surface area contributed by atoms with E-state index in [0.29, 0.717) is 6.10 Å². The molecule has 1 rings (SSSR count). The second-order valence-electron chi connectivity index (χ2n) is 2.11. The second-order valence-corrected chi connectivity index (χ2v) is 2.99. The Kier molecular flexibility index (Phi) is 2.82. The van der Waals surface area contributed by atoms with Gasteiger partial charge < -0.3 is 4.74 Å². The van der Waals surface area contributed by atoms with Crippen LogP contribution in [0.15, 0.2) is 0 Å². The molecule has 0 amide bonds. The number of nitrogens with zero attached hydrogens (tertiary/aromatic N) is 1. The second kappa shape index (κ2) is 3.44. The summed E-state index contributed by atoms with van der Waals surface area (Å²) in [5, 5.41) is 0. The lowest BCUT2D eigenvalue weighted by molar-refractivity contribution is -0.00925. The van der Waals surface area contributed by atoms with E-state index in [9.17, 15) is 0 Å². The molecule has 0 aromatic carbocycles. The first-order valence-corrected chi connectivity index (χ1v) is 4.45.